The molecule has 3 aromatic rings. The summed E-state index contributed by atoms with van der Waals surface area (Å²) in [6, 6.07) is 14.5. The zero-order chi connectivity index (χ0) is 17.1. The molecule has 2 heterocycles. The van der Waals surface area contributed by atoms with E-state index in [4.69, 9.17) is 11.6 Å². The van der Waals surface area contributed by atoms with Crippen LogP contribution in [-0.4, -0.2) is 14.8 Å². The Morgan fingerprint density at radius 2 is 1.88 bits per heavy atom. The van der Waals surface area contributed by atoms with E-state index >= 15 is 0 Å². The fourth-order valence-corrected chi connectivity index (χ4v) is 2.78. The van der Waals surface area contributed by atoms with E-state index in [1.54, 1.807) is 6.20 Å². The summed E-state index contributed by atoms with van der Waals surface area (Å²) in [5.41, 5.74) is 5.46. The summed E-state index contributed by atoms with van der Waals surface area (Å²) in [6.07, 6.45) is 1.68. The Morgan fingerprint density at radius 3 is 2.46 bits per heavy atom. The SMILES string of the molecule is Cc1cc(C)n(-c2ccc(CNC(C)c3ccc(Cl)cn3)cc2)n1. The van der Waals surface area contributed by atoms with Crippen molar-refractivity contribution in [2.24, 2.45) is 0 Å². The highest BCUT2D eigenvalue weighted by atomic mass is 35.5. The van der Waals surface area contributed by atoms with Crippen LogP contribution in [0.1, 0.15) is 35.6 Å². The molecule has 0 aliphatic rings. The third-order valence-corrected chi connectivity index (χ3v) is 4.22. The maximum atomic E-state index is 5.88. The molecule has 3 rings (SSSR count). The first-order chi connectivity index (χ1) is 11.5. The molecule has 2 aromatic heterocycles. The molecule has 0 aliphatic heterocycles. The molecular weight excluding hydrogens is 320 g/mol. The van der Waals surface area contributed by atoms with Crippen molar-refractivity contribution in [3.8, 4) is 5.69 Å². The summed E-state index contributed by atoms with van der Waals surface area (Å²) in [5.74, 6) is 0. The zero-order valence-electron chi connectivity index (χ0n) is 14.1. The van der Waals surface area contributed by atoms with Crippen molar-refractivity contribution in [1.29, 1.82) is 0 Å². The van der Waals surface area contributed by atoms with Gasteiger partial charge in [-0.1, -0.05) is 23.7 Å². The van der Waals surface area contributed by atoms with Gasteiger partial charge in [0.1, 0.15) is 0 Å². The predicted octanol–water partition coefficient (Wildman–Crippen LogP) is 4.39. The molecule has 0 radical (unpaired) electrons. The van der Waals surface area contributed by atoms with Gasteiger partial charge in [0, 0.05) is 24.5 Å². The van der Waals surface area contributed by atoms with Gasteiger partial charge in [-0.15, -0.1) is 0 Å². The van der Waals surface area contributed by atoms with Gasteiger partial charge in [-0.05, 0) is 56.7 Å². The van der Waals surface area contributed by atoms with Crippen LogP contribution in [0.25, 0.3) is 5.69 Å². The molecule has 0 aliphatic carbocycles. The zero-order valence-corrected chi connectivity index (χ0v) is 14.9. The number of rotatable bonds is 5. The maximum absolute atomic E-state index is 5.88. The second kappa shape index (κ2) is 7.16. The Kier molecular flexibility index (Phi) is 4.97. The Morgan fingerprint density at radius 1 is 1.12 bits per heavy atom. The molecule has 5 heteroatoms. The Labute approximate surface area is 147 Å². The first-order valence-corrected chi connectivity index (χ1v) is 8.38. The smallest absolute Gasteiger partial charge is 0.0648 e. The standard InChI is InChI=1S/C19H21ClN4/c1-13-10-14(2)24(23-13)18-7-4-16(5-8-18)11-21-15(3)19-9-6-17(20)12-22-19/h4-10,12,15,21H,11H2,1-3H3. The summed E-state index contributed by atoms with van der Waals surface area (Å²) in [7, 11) is 0. The van der Waals surface area contributed by atoms with Crippen LogP contribution in [0, 0.1) is 13.8 Å². The minimum absolute atomic E-state index is 0.165. The predicted molar refractivity (Wildman–Crippen MR) is 97.5 cm³/mol. The second-order valence-electron chi connectivity index (χ2n) is 6.01. The van der Waals surface area contributed by atoms with Crippen LogP contribution in [0.4, 0.5) is 0 Å². The maximum Gasteiger partial charge on any atom is 0.0648 e. The van der Waals surface area contributed by atoms with Crippen molar-refractivity contribution in [2.75, 3.05) is 0 Å². The molecule has 0 amide bonds. The first kappa shape index (κ1) is 16.7. The van der Waals surface area contributed by atoms with Crippen molar-refractivity contribution in [3.63, 3.8) is 0 Å². The van der Waals surface area contributed by atoms with Gasteiger partial charge in [-0.2, -0.15) is 5.10 Å². The summed E-state index contributed by atoms with van der Waals surface area (Å²) in [6.45, 7) is 6.95. The third kappa shape index (κ3) is 3.83. The molecular formula is C19H21ClN4. The average molecular weight is 341 g/mol. The summed E-state index contributed by atoms with van der Waals surface area (Å²) in [5, 5.41) is 8.65. The molecule has 1 atom stereocenters. The second-order valence-corrected chi connectivity index (χ2v) is 6.45. The molecule has 4 nitrogen and oxygen atoms in total. The number of benzene rings is 1. The molecule has 24 heavy (non-hydrogen) atoms. The van der Waals surface area contributed by atoms with Crippen molar-refractivity contribution >= 4 is 11.6 Å². The average Bonchev–Trinajstić information content (AvgIpc) is 2.92. The van der Waals surface area contributed by atoms with Crippen molar-refractivity contribution in [1.82, 2.24) is 20.1 Å². The first-order valence-electron chi connectivity index (χ1n) is 8.00. The van der Waals surface area contributed by atoms with E-state index in [-0.39, 0.29) is 6.04 Å². The van der Waals surface area contributed by atoms with Gasteiger partial charge in [0.05, 0.1) is 22.1 Å². The highest BCUT2D eigenvalue weighted by Gasteiger charge is 2.07. The number of hydrogen-bond donors (Lipinski definition) is 1. The van der Waals surface area contributed by atoms with Gasteiger partial charge in [0.2, 0.25) is 0 Å². The number of aryl methyl sites for hydroxylation is 2. The molecule has 0 bridgehead atoms. The van der Waals surface area contributed by atoms with E-state index in [1.807, 2.05) is 23.7 Å². The molecule has 1 aromatic carbocycles. The van der Waals surface area contributed by atoms with E-state index in [9.17, 15) is 0 Å². The summed E-state index contributed by atoms with van der Waals surface area (Å²) in [4.78, 5) is 4.35. The van der Waals surface area contributed by atoms with E-state index in [0.717, 1.165) is 29.3 Å². The lowest BCUT2D eigenvalue weighted by Gasteiger charge is -2.14. The monoisotopic (exact) mass is 340 g/mol. The highest BCUT2D eigenvalue weighted by molar-refractivity contribution is 6.30. The van der Waals surface area contributed by atoms with Crippen LogP contribution >= 0.6 is 11.6 Å². The van der Waals surface area contributed by atoms with Gasteiger partial charge >= 0.3 is 0 Å². The van der Waals surface area contributed by atoms with Crippen LogP contribution in [0.3, 0.4) is 0 Å². The Bertz CT molecular complexity index is 806. The number of nitrogens with one attached hydrogen (secondary N) is 1. The number of nitrogens with zero attached hydrogens (tertiary/aromatic N) is 3. The van der Waals surface area contributed by atoms with Crippen LogP contribution < -0.4 is 5.32 Å². The minimum Gasteiger partial charge on any atom is -0.305 e. The highest BCUT2D eigenvalue weighted by Crippen LogP contribution is 2.15. The van der Waals surface area contributed by atoms with Gasteiger partial charge in [-0.3, -0.25) is 4.98 Å². The molecule has 0 saturated carbocycles. The van der Waals surface area contributed by atoms with E-state index in [2.05, 4.69) is 59.6 Å². The van der Waals surface area contributed by atoms with E-state index in [1.165, 1.54) is 5.56 Å². The van der Waals surface area contributed by atoms with Crippen LogP contribution in [0.5, 0.6) is 0 Å². The number of halogens is 1. The largest absolute Gasteiger partial charge is 0.305 e. The minimum atomic E-state index is 0.165. The van der Waals surface area contributed by atoms with Crippen LogP contribution in [-0.2, 0) is 6.54 Å². The van der Waals surface area contributed by atoms with Crippen LogP contribution in [0.2, 0.25) is 5.02 Å². The fraction of sp³-hybridized carbons (Fsp3) is 0.263. The lowest BCUT2D eigenvalue weighted by atomic mass is 10.1. The van der Waals surface area contributed by atoms with E-state index in [0.29, 0.717) is 5.02 Å². The van der Waals surface area contributed by atoms with Crippen LogP contribution in [0.15, 0.2) is 48.7 Å². The van der Waals surface area contributed by atoms with Gasteiger partial charge in [0.15, 0.2) is 0 Å². The lowest BCUT2D eigenvalue weighted by Crippen LogP contribution is -2.19. The molecule has 1 N–H and O–H groups in total. The summed E-state index contributed by atoms with van der Waals surface area (Å²) >= 11 is 5.88. The van der Waals surface area contributed by atoms with Gasteiger partial charge in [-0.25, -0.2) is 4.68 Å². The van der Waals surface area contributed by atoms with Gasteiger partial charge < -0.3 is 5.32 Å². The van der Waals surface area contributed by atoms with E-state index < -0.39 is 0 Å². The molecule has 124 valence electrons. The molecule has 0 spiro atoms. The van der Waals surface area contributed by atoms with Crippen molar-refractivity contribution < 1.29 is 0 Å². The fourth-order valence-electron chi connectivity index (χ4n) is 2.66. The quantitative estimate of drug-likeness (QED) is 0.749. The Balaban J connectivity index is 1.64. The molecule has 0 fully saturated rings. The molecule has 0 saturated heterocycles. The normalized spacial score (nSPS) is 12.3. The lowest BCUT2D eigenvalue weighted by molar-refractivity contribution is 0.561. The molecule has 1 unspecified atom stereocenters. The Hall–Kier alpha value is -2.17. The van der Waals surface area contributed by atoms with Crippen molar-refractivity contribution in [3.05, 3.63) is 76.3 Å². The third-order valence-electron chi connectivity index (χ3n) is 4.00. The number of aromatic nitrogens is 3. The topological polar surface area (TPSA) is 42.7 Å². The number of hydrogen-bond acceptors (Lipinski definition) is 3. The van der Waals surface area contributed by atoms with Gasteiger partial charge in [0.25, 0.3) is 0 Å². The summed E-state index contributed by atoms with van der Waals surface area (Å²) < 4.78 is 1.97. The van der Waals surface area contributed by atoms with Crippen molar-refractivity contribution in [2.45, 2.75) is 33.4 Å². The number of pyridine rings is 1.